The van der Waals surface area contributed by atoms with Crippen LogP contribution in [0.15, 0.2) is 49.2 Å². The zero-order valence-electron chi connectivity index (χ0n) is 19.0. The van der Waals surface area contributed by atoms with E-state index < -0.39 is 6.04 Å². The summed E-state index contributed by atoms with van der Waals surface area (Å²) in [6, 6.07) is 9.39. The number of fused-ring (bicyclic) bond motifs is 4. The van der Waals surface area contributed by atoms with E-state index >= 15 is 0 Å². The highest BCUT2D eigenvalue weighted by atomic mass is 35.5. The highest BCUT2D eigenvalue weighted by Gasteiger charge is 2.18. The Morgan fingerprint density at radius 3 is 2.79 bits per heavy atom. The number of pyridine rings is 2. The topological polar surface area (TPSA) is 92.9 Å². The van der Waals surface area contributed by atoms with Gasteiger partial charge in [-0.3, -0.25) is 4.40 Å². The number of anilines is 2. The minimum Gasteiger partial charge on any atom is -0.369 e. The van der Waals surface area contributed by atoms with Gasteiger partial charge in [-0.05, 0) is 28.5 Å². The Morgan fingerprint density at radius 1 is 1.15 bits per heavy atom. The summed E-state index contributed by atoms with van der Waals surface area (Å²) in [6.45, 7) is 7.20. The molecule has 0 radical (unpaired) electrons. The van der Waals surface area contributed by atoms with Crippen LogP contribution in [0.25, 0.3) is 27.3 Å². The molecule has 0 saturated carbocycles. The smallest absolute Gasteiger partial charge is 0.168 e. The van der Waals surface area contributed by atoms with Crippen LogP contribution in [0.2, 0.25) is 5.15 Å². The first-order chi connectivity index (χ1) is 16.3. The van der Waals surface area contributed by atoms with Crippen LogP contribution in [0.5, 0.6) is 0 Å². The number of hydrogen-bond donors (Lipinski definition) is 2. The number of rotatable bonds is 5. The van der Waals surface area contributed by atoms with Crippen LogP contribution >= 0.6 is 11.6 Å². The van der Waals surface area contributed by atoms with Crippen LogP contribution in [0, 0.1) is 17.8 Å². The largest absolute Gasteiger partial charge is 0.369 e. The van der Waals surface area contributed by atoms with Crippen LogP contribution in [0.1, 0.15) is 32.4 Å². The maximum Gasteiger partial charge on any atom is 0.168 e. The van der Waals surface area contributed by atoms with Gasteiger partial charge in [-0.1, -0.05) is 56.5 Å². The van der Waals surface area contributed by atoms with Gasteiger partial charge in [0.25, 0.3) is 0 Å². The van der Waals surface area contributed by atoms with Crippen molar-refractivity contribution in [3.05, 3.63) is 59.9 Å². The lowest BCUT2D eigenvalue weighted by Gasteiger charge is -2.20. The second kappa shape index (κ2) is 8.43. The number of aromatic nitrogens is 6. The Hall–Kier alpha value is -3.96. The first kappa shape index (κ1) is 21.9. The lowest BCUT2D eigenvalue weighted by Crippen LogP contribution is -2.19. The third-order valence-corrected chi connectivity index (χ3v) is 5.75. The summed E-state index contributed by atoms with van der Waals surface area (Å²) in [6.07, 6.45) is 11.0. The number of hydrogen-bond acceptors (Lipinski definition) is 7. The van der Waals surface area contributed by atoms with Gasteiger partial charge in [-0.25, -0.2) is 15.0 Å². The maximum absolute atomic E-state index is 6.51. The molecule has 5 rings (SSSR count). The summed E-state index contributed by atoms with van der Waals surface area (Å²) in [5.41, 5.74) is 2.36. The van der Waals surface area contributed by atoms with Gasteiger partial charge in [0.05, 0.1) is 0 Å². The van der Waals surface area contributed by atoms with Crippen LogP contribution in [0.4, 0.5) is 11.6 Å². The Bertz CT molecular complexity index is 1560. The van der Waals surface area contributed by atoms with E-state index in [1.807, 2.05) is 40.9 Å². The van der Waals surface area contributed by atoms with Gasteiger partial charge < -0.3 is 10.6 Å². The number of terminal acetylenes is 1. The van der Waals surface area contributed by atoms with Crippen molar-refractivity contribution in [2.24, 2.45) is 5.41 Å². The molecule has 1 atom stereocenters. The first-order valence-electron chi connectivity index (χ1n) is 10.8. The zero-order chi connectivity index (χ0) is 23.9. The molecular weight excluding hydrogens is 448 g/mol. The normalized spacial score (nSPS) is 12.7. The molecule has 0 aliphatic rings. The average Bonchev–Trinajstić information content (AvgIpc) is 3.30. The van der Waals surface area contributed by atoms with Gasteiger partial charge in [0.1, 0.15) is 35.8 Å². The summed E-state index contributed by atoms with van der Waals surface area (Å²) >= 11 is 6.51. The highest BCUT2D eigenvalue weighted by molar-refractivity contribution is 6.34. The van der Waals surface area contributed by atoms with E-state index in [9.17, 15) is 0 Å². The molecule has 0 saturated heterocycles. The molecule has 0 spiro atoms. The second-order valence-electron chi connectivity index (χ2n) is 9.26. The zero-order valence-corrected chi connectivity index (χ0v) is 19.8. The molecule has 0 fully saturated rings. The summed E-state index contributed by atoms with van der Waals surface area (Å²) in [5.74, 6) is 4.08. The Morgan fingerprint density at radius 2 is 2.00 bits per heavy atom. The number of halogens is 1. The van der Waals surface area contributed by atoms with Crippen LogP contribution < -0.4 is 10.6 Å². The van der Waals surface area contributed by atoms with Gasteiger partial charge in [0.2, 0.25) is 0 Å². The van der Waals surface area contributed by atoms with Crippen molar-refractivity contribution in [3.63, 3.8) is 0 Å². The van der Waals surface area contributed by atoms with Crippen molar-refractivity contribution >= 4 is 50.6 Å². The Labute approximate surface area is 201 Å². The molecule has 34 heavy (non-hydrogen) atoms. The minimum absolute atomic E-state index is 0.0773. The van der Waals surface area contributed by atoms with Crippen molar-refractivity contribution in [2.45, 2.75) is 26.8 Å². The van der Waals surface area contributed by atoms with Crippen molar-refractivity contribution in [3.8, 4) is 12.3 Å². The van der Waals surface area contributed by atoms with E-state index in [0.717, 1.165) is 33.9 Å². The maximum atomic E-state index is 6.51. The fourth-order valence-electron chi connectivity index (χ4n) is 3.86. The molecule has 9 heteroatoms. The molecule has 4 heterocycles. The second-order valence-corrected chi connectivity index (χ2v) is 9.62. The predicted molar refractivity (Wildman–Crippen MR) is 136 cm³/mol. The lowest BCUT2D eigenvalue weighted by atomic mass is 9.97. The molecule has 5 aromatic rings. The number of nitrogens with one attached hydrogen (secondary N) is 2. The molecule has 0 amide bonds. The molecule has 8 nitrogen and oxygen atoms in total. The van der Waals surface area contributed by atoms with Gasteiger partial charge in [-0.2, -0.15) is 0 Å². The van der Waals surface area contributed by atoms with Gasteiger partial charge in [0, 0.05) is 23.5 Å². The molecule has 1 aromatic carbocycles. The Balaban J connectivity index is 1.55. The standard InChI is InChI=1S/C25H23ClN8/c1-5-19(16-7-6-8-17-15(16)9-10-34-14-30-33-24(17)34)31-20-11-18-21(22(26)32-20)28-13-29-23(18)27-12-25(2,3)4/h1,6-11,13-14,19H,12H2,2-4H3,(H,31,32)(H,27,28,29). The molecule has 170 valence electrons. The van der Waals surface area contributed by atoms with E-state index in [1.54, 1.807) is 6.33 Å². The van der Waals surface area contributed by atoms with Gasteiger partial charge in [0.15, 0.2) is 10.8 Å². The number of nitrogens with zero attached hydrogens (tertiary/aromatic N) is 6. The quantitative estimate of drug-likeness (QED) is 0.272. The fraction of sp³-hybridized carbons (Fsp3) is 0.240. The first-order valence-corrected chi connectivity index (χ1v) is 11.2. The summed E-state index contributed by atoms with van der Waals surface area (Å²) < 4.78 is 1.88. The Kier molecular flexibility index (Phi) is 5.42. The molecular formula is C25H23ClN8. The third kappa shape index (κ3) is 4.06. The van der Waals surface area contributed by atoms with Gasteiger partial charge >= 0.3 is 0 Å². The molecule has 4 aromatic heterocycles. The van der Waals surface area contributed by atoms with Crippen LogP contribution in [0.3, 0.4) is 0 Å². The van der Waals surface area contributed by atoms with Crippen LogP contribution in [-0.4, -0.2) is 36.1 Å². The molecule has 0 aliphatic carbocycles. The van der Waals surface area contributed by atoms with Crippen molar-refractivity contribution in [1.82, 2.24) is 29.5 Å². The monoisotopic (exact) mass is 470 g/mol. The molecule has 2 N–H and O–H groups in total. The molecule has 0 bridgehead atoms. The highest BCUT2D eigenvalue weighted by Crippen LogP contribution is 2.32. The molecule has 1 unspecified atom stereocenters. The van der Waals surface area contributed by atoms with E-state index in [4.69, 9.17) is 18.0 Å². The van der Waals surface area contributed by atoms with Crippen molar-refractivity contribution < 1.29 is 0 Å². The van der Waals surface area contributed by atoms with Crippen molar-refractivity contribution in [1.29, 1.82) is 0 Å². The summed E-state index contributed by atoms with van der Waals surface area (Å²) in [7, 11) is 0. The lowest BCUT2D eigenvalue weighted by molar-refractivity contribution is 0.442. The minimum atomic E-state index is -0.453. The SMILES string of the molecule is C#CC(Nc1cc2c(NCC(C)(C)C)ncnc2c(Cl)n1)c1cccc2c1ccn1cnnc21. The average molecular weight is 471 g/mol. The van der Waals surface area contributed by atoms with E-state index in [-0.39, 0.29) is 10.6 Å². The molecule has 0 aliphatic heterocycles. The summed E-state index contributed by atoms with van der Waals surface area (Å²) in [4.78, 5) is 13.2. The summed E-state index contributed by atoms with van der Waals surface area (Å²) in [5, 5.41) is 18.0. The van der Waals surface area contributed by atoms with E-state index in [2.05, 4.69) is 62.5 Å². The van der Waals surface area contributed by atoms with Crippen molar-refractivity contribution in [2.75, 3.05) is 17.2 Å². The fourth-order valence-corrected chi connectivity index (χ4v) is 4.10. The van der Waals surface area contributed by atoms with E-state index in [0.29, 0.717) is 17.2 Å². The predicted octanol–water partition coefficient (Wildman–Crippen LogP) is 5.12. The third-order valence-electron chi connectivity index (χ3n) is 5.49. The number of benzene rings is 1. The van der Waals surface area contributed by atoms with Crippen LogP contribution in [-0.2, 0) is 0 Å². The van der Waals surface area contributed by atoms with Gasteiger partial charge in [-0.15, -0.1) is 16.6 Å². The van der Waals surface area contributed by atoms with E-state index in [1.165, 1.54) is 6.33 Å².